The molecule has 1 atom stereocenters. The average Bonchev–Trinajstić information content (AvgIpc) is 2.97. The minimum atomic E-state index is -0.521. The molecule has 0 aliphatic carbocycles. The van der Waals surface area contributed by atoms with Crippen molar-refractivity contribution in [3.8, 4) is 5.75 Å². The van der Waals surface area contributed by atoms with Crippen LogP contribution in [0.2, 0.25) is 0 Å². The van der Waals surface area contributed by atoms with Crippen LogP contribution in [0.3, 0.4) is 0 Å². The fourth-order valence-electron chi connectivity index (χ4n) is 3.41. The van der Waals surface area contributed by atoms with Crippen LogP contribution >= 0.6 is 0 Å². The molecule has 4 nitrogen and oxygen atoms in total. The lowest BCUT2D eigenvalue weighted by Crippen LogP contribution is -2.11. The van der Waals surface area contributed by atoms with E-state index in [1.54, 1.807) is 0 Å². The summed E-state index contributed by atoms with van der Waals surface area (Å²) in [5.41, 5.74) is 4.44. The maximum atomic E-state index is 10.5. The van der Waals surface area contributed by atoms with Crippen LogP contribution in [0.1, 0.15) is 49.2 Å². The van der Waals surface area contributed by atoms with E-state index < -0.39 is 6.10 Å². The summed E-state index contributed by atoms with van der Waals surface area (Å²) in [5, 5.41) is 10.5. The number of aliphatic hydroxyl groups excluding tert-OH is 1. The van der Waals surface area contributed by atoms with Crippen LogP contribution in [0.4, 0.5) is 0 Å². The highest BCUT2D eigenvalue weighted by molar-refractivity contribution is 5.76. The van der Waals surface area contributed by atoms with E-state index in [1.807, 2.05) is 18.2 Å². The van der Waals surface area contributed by atoms with Gasteiger partial charge >= 0.3 is 0 Å². The highest BCUT2D eigenvalue weighted by Crippen LogP contribution is 2.24. The van der Waals surface area contributed by atoms with Crippen LogP contribution in [0.25, 0.3) is 11.0 Å². The maximum absolute atomic E-state index is 10.5. The number of imidazole rings is 1. The lowest BCUT2D eigenvalue weighted by molar-refractivity contribution is 0.152. The van der Waals surface area contributed by atoms with Crippen molar-refractivity contribution in [3.63, 3.8) is 0 Å². The third-order valence-corrected chi connectivity index (χ3v) is 4.53. The highest BCUT2D eigenvalue weighted by Gasteiger charge is 2.17. The Kier molecular flexibility index (Phi) is 5.94. The number of benzene rings is 2. The quantitative estimate of drug-likeness (QED) is 0.583. The van der Waals surface area contributed by atoms with Gasteiger partial charge in [-0.1, -0.05) is 31.5 Å². The molecule has 0 aliphatic heterocycles. The molecule has 0 aliphatic rings. The molecule has 0 unspecified atom stereocenters. The molecule has 138 valence electrons. The summed E-state index contributed by atoms with van der Waals surface area (Å²) in [4.78, 5) is 4.66. The van der Waals surface area contributed by atoms with E-state index in [0.29, 0.717) is 6.61 Å². The Hall–Kier alpha value is -2.33. The zero-order valence-electron chi connectivity index (χ0n) is 15.9. The number of fused-ring (bicyclic) bond motifs is 1. The fraction of sp³-hybridized carbons (Fsp3) is 0.409. The molecule has 1 N–H and O–H groups in total. The predicted octanol–water partition coefficient (Wildman–Crippen LogP) is 4.96. The summed E-state index contributed by atoms with van der Waals surface area (Å²) < 4.78 is 8.07. The number of aromatic nitrogens is 2. The normalized spacial score (nSPS) is 12.5. The molecule has 4 heteroatoms. The largest absolute Gasteiger partial charge is 0.494 e. The molecule has 0 radical (unpaired) electrons. The first kappa shape index (κ1) is 18.5. The summed E-state index contributed by atoms with van der Waals surface area (Å²) in [6.45, 7) is 7.66. The van der Waals surface area contributed by atoms with Crippen molar-refractivity contribution < 1.29 is 9.84 Å². The molecular formula is C22H28N2O2. The molecule has 0 amide bonds. The van der Waals surface area contributed by atoms with Crippen molar-refractivity contribution in [1.29, 1.82) is 0 Å². The van der Waals surface area contributed by atoms with Gasteiger partial charge in [0.2, 0.25) is 0 Å². The van der Waals surface area contributed by atoms with Gasteiger partial charge in [0.1, 0.15) is 17.7 Å². The SMILES string of the molecule is CCC[C@@H](O)c1nc2ccccc2n1CCCOc1cc(C)cc(C)c1. The molecule has 0 saturated heterocycles. The van der Waals surface area contributed by atoms with Crippen molar-refractivity contribution in [2.45, 2.75) is 52.7 Å². The van der Waals surface area contributed by atoms with E-state index in [-0.39, 0.29) is 0 Å². The lowest BCUT2D eigenvalue weighted by Gasteiger charge is -2.14. The summed E-state index contributed by atoms with van der Waals surface area (Å²) in [6, 6.07) is 14.3. The Morgan fingerprint density at radius 1 is 1.12 bits per heavy atom. The molecule has 26 heavy (non-hydrogen) atoms. The number of para-hydroxylation sites is 2. The molecule has 0 saturated carbocycles. The van der Waals surface area contributed by atoms with Crippen LogP contribution in [0.15, 0.2) is 42.5 Å². The first-order valence-corrected chi connectivity index (χ1v) is 9.43. The molecule has 1 aromatic heterocycles. The van der Waals surface area contributed by atoms with Crippen LogP contribution in [0.5, 0.6) is 5.75 Å². The van der Waals surface area contributed by atoms with Gasteiger partial charge in [0.25, 0.3) is 0 Å². The molecule has 3 aromatic rings. The van der Waals surface area contributed by atoms with Gasteiger partial charge in [0.05, 0.1) is 17.6 Å². The van der Waals surface area contributed by atoms with E-state index in [4.69, 9.17) is 4.74 Å². The van der Waals surface area contributed by atoms with E-state index in [2.05, 4.69) is 54.6 Å². The van der Waals surface area contributed by atoms with Gasteiger partial charge in [-0.25, -0.2) is 4.98 Å². The molecule has 0 fully saturated rings. The van der Waals surface area contributed by atoms with Crippen molar-refractivity contribution in [2.24, 2.45) is 0 Å². The molecule has 0 bridgehead atoms. The second-order valence-electron chi connectivity index (χ2n) is 6.94. The smallest absolute Gasteiger partial charge is 0.138 e. The van der Waals surface area contributed by atoms with Gasteiger partial charge in [-0.05, 0) is 62.1 Å². The van der Waals surface area contributed by atoms with Gasteiger partial charge in [-0.15, -0.1) is 0 Å². The Labute approximate surface area is 155 Å². The lowest BCUT2D eigenvalue weighted by atomic mass is 10.1. The van der Waals surface area contributed by atoms with Gasteiger partial charge < -0.3 is 14.4 Å². The van der Waals surface area contributed by atoms with Crippen molar-refractivity contribution >= 4 is 11.0 Å². The van der Waals surface area contributed by atoms with Gasteiger partial charge in [0, 0.05) is 6.54 Å². The highest BCUT2D eigenvalue weighted by atomic mass is 16.5. The number of hydrogen-bond acceptors (Lipinski definition) is 3. The van der Waals surface area contributed by atoms with Crippen molar-refractivity contribution in [1.82, 2.24) is 9.55 Å². The molecule has 0 spiro atoms. The van der Waals surface area contributed by atoms with Gasteiger partial charge in [-0.2, -0.15) is 0 Å². The number of nitrogens with zero attached hydrogens (tertiary/aromatic N) is 2. The van der Waals surface area contributed by atoms with E-state index in [9.17, 15) is 5.11 Å². The first-order valence-electron chi connectivity index (χ1n) is 9.43. The van der Waals surface area contributed by atoms with E-state index in [0.717, 1.165) is 48.4 Å². The van der Waals surface area contributed by atoms with Crippen LogP contribution < -0.4 is 4.74 Å². The van der Waals surface area contributed by atoms with Crippen LogP contribution in [0, 0.1) is 13.8 Å². The van der Waals surface area contributed by atoms with E-state index >= 15 is 0 Å². The second-order valence-corrected chi connectivity index (χ2v) is 6.94. The molecule has 1 heterocycles. The fourth-order valence-corrected chi connectivity index (χ4v) is 3.41. The Bertz CT molecular complexity index is 849. The molecular weight excluding hydrogens is 324 g/mol. The van der Waals surface area contributed by atoms with Crippen molar-refractivity contribution in [3.05, 3.63) is 59.4 Å². The topological polar surface area (TPSA) is 47.3 Å². The summed E-state index contributed by atoms with van der Waals surface area (Å²) in [6.07, 6.45) is 2.00. The van der Waals surface area contributed by atoms with Gasteiger partial charge in [-0.3, -0.25) is 0 Å². The second kappa shape index (κ2) is 8.37. The number of aryl methyl sites for hydroxylation is 3. The zero-order chi connectivity index (χ0) is 18.5. The number of rotatable bonds is 8. The Morgan fingerprint density at radius 3 is 2.58 bits per heavy atom. The molecule has 2 aromatic carbocycles. The number of aliphatic hydroxyl groups is 1. The van der Waals surface area contributed by atoms with Crippen LogP contribution in [-0.2, 0) is 6.54 Å². The minimum absolute atomic E-state index is 0.521. The molecule has 3 rings (SSSR count). The monoisotopic (exact) mass is 352 g/mol. The Balaban J connectivity index is 1.70. The third kappa shape index (κ3) is 4.25. The summed E-state index contributed by atoms with van der Waals surface area (Å²) in [7, 11) is 0. The van der Waals surface area contributed by atoms with Crippen molar-refractivity contribution in [2.75, 3.05) is 6.61 Å². The zero-order valence-corrected chi connectivity index (χ0v) is 15.9. The van der Waals surface area contributed by atoms with E-state index in [1.165, 1.54) is 11.1 Å². The summed E-state index contributed by atoms with van der Waals surface area (Å²) >= 11 is 0. The first-order chi connectivity index (χ1) is 12.6. The average molecular weight is 352 g/mol. The third-order valence-electron chi connectivity index (χ3n) is 4.53. The number of ether oxygens (including phenoxy) is 1. The van der Waals surface area contributed by atoms with Gasteiger partial charge in [0.15, 0.2) is 0 Å². The van der Waals surface area contributed by atoms with Crippen LogP contribution in [-0.4, -0.2) is 21.3 Å². The Morgan fingerprint density at radius 2 is 1.85 bits per heavy atom. The summed E-state index contributed by atoms with van der Waals surface area (Å²) in [5.74, 6) is 1.68. The predicted molar refractivity (Wildman–Crippen MR) is 106 cm³/mol. The standard InChI is InChI=1S/C22H28N2O2/c1-4-8-21(25)22-23-19-9-5-6-10-20(19)24(22)11-7-12-26-18-14-16(2)13-17(3)15-18/h5-6,9-10,13-15,21,25H,4,7-8,11-12H2,1-3H3/t21-/m1/s1. The maximum Gasteiger partial charge on any atom is 0.138 e. The minimum Gasteiger partial charge on any atom is -0.494 e. The number of hydrogen-bond donors (Lipinski definition) is 1.